The van der Waals surface area contributed by atoms with E-state index in [9.17, 15) is 0 Å². The maximum atomic E-state index is 6.46. The molecule has 0 unspecified atom stereocenters. The molecule has 6 nitrogen and oxygen atoms in total. The van der Waals surface area contributed by atoms with E-state index in [1.165, 1.54) is 0 Å². The van der Waals surface area contributed by atoms with E-state index in [4.69, 9.17) is 28.8 Å². The minimum absolute atomic E-state index is 0.548. The van der Waals surface area contributed by atoms with Gasteiger partial charge in [-0.15, -0.1) is 0 Å². The fourth-order valence-electron chi connectivity index (χ4n) is 6.81. The molecular formula is C46H28N4O2. The van der Waals surface area contributed by atoms with E-state index in [2.05, 4.69) is 72.8 Å². The second-order valence-corrected chi connectivity index (χ2v) is 12.7. The lowest BCUT2D eigenvalue weighted by Gasteiger charge is -2.11. The molecule has 0 saturated carbocycles. The molecule has 3 aromatic heterocycles. The molecule has 0 aliphatic carbocycles. The number of oxazole rings is 1. The maximum Gasteiger partial charge on any atom is 0.227 e. The maximum absolute atomic E-state index is 6.46. The van der Waals surface area contributed by atoms with Crippen LogP contribution in [0.4, 0.5) is 0 Å². The summed E-state index contributed by atoms with van der Waals surface area (Å²) in [7, 11) is 0. The van der Waals surface area contributed by atoms with Gasteiger partial charge in [-0.25, -0.2) is 19.9 Å². The van der Waals surface area contributed by atoms with Crippen molar-refractivity contribution >= 4 is 33.0 Å². The third-order valence-electron chi connectivity index (χ3n) is 9.39. The van der Waals surface area contributed by atoms with Crippen molar-refractivity contribution in [2.24, 2.45) is 0 Å². The molecule has 52 heavy (non-hydrogen) atoms. The molecule has 7 aromatic carbocycles. The Morgan fingerprint density at radius 2 is 0.904 bits per heavy atom. The number of hydrogen-bond donors (Lipinski definition) is 0. The Kier molecular flexibility index (Phi) is 7.03. The molecule has 0 amide bonds. The van der Waals surface area contributed by atoms with Crippen molar-refractivity contribution in [2.45, 2.75) is 0 Å². The summed E-state index contributed by atoms with van der Waals surface area (Å²) in [6.07, 6.45) is 0. The van der Waals surface area contributed by atoms with Gasteiger partial charge < -0.3 is 8.83 Å². The zero-order valence-corrected chi connectivity index (χ0v) is 27.8. The molecule has 0 spiro atoms. The van der Waals surface area contributed by atoms with Crippen molar-refractivity contribution in [1.29, 1.82) is 0 Å². The molecule has 0 saturated heterocycles. The average molecular weight is 669 g/mol. The number of rotatable bonds is 6. The molecular weight excluding hydrogens is 641 g/mol. The summed E-state index contributed by atoms with van der Waals surface area (Å²) in [5, 5.41) is 1.88. The largest absolute Gasteiger partial charge is 0.456 e. The number of benzene rings is 7. The summed E-state index contributed by atoms with van der Waals surface area (Å²) >= 11 is 0. The van der Waals surface area contributed by atoms with E-state index in [1.54, 1.807) is 0 Å². The Morgan fingerprint density at radius 3 is 1.69 bits per heavy atom. The van der Waals surface area contributed by atoms with Crippen LogP contribution < -0.4 is 0 Å². The van der Waals surface area contributed by atoms with E-state index >= 15 is 0 Å². The fraction of sp³-hybridized carbons (Fsp3) is 0. The van der Waals surface area contributed by atoms with Gasteiger partial charge in [0.1, 0.15) is 16.7 Å². The third kappa shape index (κ3) is 5.30. The number of hydrogen-bond acceptors (Lipinski definition) is 6. The Balaban J connectivity index is 1.13. The van der Waals surface area contributed by atoms with Crippen LogP contribution in [-0.2, 0) is 0 Å². The number of para-hydroxylation sites is 2. The monoisotopic (exact) mass is 668 g/mol. The Morgan fingerprint density at radius 1 is 0.327 bits per heavy atom. The lowest BCUT2D eigenvalue weighted by Crippen LogP contribution is -2.00. The van der Waals surface area contributed by atoms with Crippen LogP contribution in [-0.4, -0.2) is 19.9 Å². The minimum Gasteiger partial charge on any atom is -0.456 e. The quantitative estimate of drug-likeness (QED) is 0.175. The van der Waals surface area contributed by atoms with Gasteiger partial charge in [-0.2, -0.15) is 0 Å². The first kappa shape index (κ1) is 29.7. The molecule has 6 heteroatoms. The highest BCUT2D eigenvalue weighted by molar-refractivity contribution is 6.12. The second kappa shape index (κ2) is 12.3. The fourth-order valence-corrected chi connectivity index (χ4v) is 6.81. The van der Waals surface area contributed by atoms with Crippen molar-refractivity contribution in [3.63, 3.8) is 0 Å². The zero-order chi connectivity index (χ0) is 34.4. The van der Waals surface area contributed by atoms with Gasteiger partial charge in [0.15, 0.2) is 23.1 Å². The van der Waals surface area contributed by atoms with Crippen molar-refractivity contribution in [2.75, 3.05) is 0 Å². The second-order valence-electron chi connectivity index (χ2n) is 12.7. The summed E-state index contributed by atoms with van der Waals surface area (Å²) < 4.78 is 12.5. The first-order valence-corrected chi connectivity index (χ1v) is 17.1. The van der Waals surface area contributed by atoms with Gasteiger partial charge in [-0.05, 0) is 64.7 Å². The average Bonchev–Trinajstić information content (AvgIpc) is 3.83. The molecule has 3 heterocycles. The van der Waals surface area contributed by atoms with Gasteiger partial charge in [0.25, 0.3) is 0 Å². The molecule has 0 atom stereocenters. The van der Waals surface area contributed by atoms with Gasteiger partial charge in [-0.3, -0.25) is 0 Å². The molecule has 10 aromatic rings. The van der Waals surface area contributed by atoms with E-state index in [1.807, 2.05) is 97.1 Å². The standard InChI is InChI=1S/C46H28N4O2/c1-3-11-29(12-4-1)31-21-23-32(24-22-31)43-48-44(34-16-9-15-33(27-34)30-13-5-2-6-14-30)50-45(49-43)37-17-10-20-40-42(37)36-26-25-35(28-41(36)51-40)46-47-38-18-7-8-19-39(38)52-46/h1-28H. The van der Waals surface area contributed by atoms with Gasteiger partial charge >= 0.3 is 0 Å². The molecule has 244 valence electrons. The van der Waals surface area contributed by atoms with Crippen molar-refractivity contribution in [3.05, 3.63) is 170 Å². The smallest absolute Gasteiger partial charge is 0.227 e. The van der Waals surface area contributed by atoms with E-state index in [-0.39, 0.29) is 0 Å². The number of aromatic nitrogens is 4. The lowest BCUT2D eigenvalue weighted by atomic mass is 10.0. The van der Waals surface area contributed by atoms with Crippen molar-refractivity contribution < 1.29 is 8.83 Å². The van der Waals surface area contributed by atoms with Gasteiger partial charge in [-0.1, -0.05) is 127 Å². The van der Waals surface area contributed by atoms with Crippen LogP contribution in [0, 0.1) is 0 Å². The third-order valence-corrected chi connectivity index (χ3v) is 9.39. The molecule has 10 rings (SSSR count). The van der Waals surface area contributed by atoms with Crippen LogP contribution in [0.3, 0.4) is 0 Å². The molecule has 0 N–H and O–H groups in total. The first-order valence-electron chi connectivity index (χ1n) is 17.1. The summed E-state index contributed by atoms with van der Waals surface area (Å²) in [6.45, 7) is 0. The van der Waals surface area contributed by atoms with E-state index < -0.39 is 0 Å². The topological polar surface area (TPSA) is 77.8 Å². The summed E-state index contributed by atoms with van der Waals surface area (Å²) in [5.41, 5.74) is 11.0. The number of fused-ring (bicyclic) bond motifs is 4. The SMILES string of the molecule is c1ccc(-c2ccc(-c3nc(-c4cccc(-c5ccccc5)c4)nc(-c4cccc5oc6cc(-c7nc8ccccc8o7)ccc6c45)n3)cc2)cc1. The van der Waals surface area contributed by atoms with Crippen LogP contribution in [0.1, 0.15) is 0 Å². The van der Waals surface area contributed by atoms with Gasteiger partial charge in [0.05, 0.1) is 0 Å². The highest BCUT2D eigenvalue weighted by Crippen LogP contribution is 2.39. The first-order chi connectivity index (χ1) is 25.7. The minimum atomic E-state index is 0.548. The van der Waals surface area contributed by atoms with Gasteiger partial charge in [0.2, 0.25) is 5.89 Å². The molecule has 0 bridgehead atoms. The van der Waals surface area contributed by atoms with Crippen LogP contribution in [0.25, 0.3) is 101 Å². The van der Waals surface area contributed by atoms with Gasteiger partial charge in [0, 0.05) is 33.0 Å². The van der Waals surface area contributed by atoms with Crippen molar-refractivity contribution in [1.82, 2.24) is 19.9 Å². The number of furan rings is 1. The Bertz CT molecular complexity index is 2860. The predicted octanol–water partition coefficient (Wildman–Crippen LogP) is 11.9. The molecule has 0 aliphatic rings. The predicted molar refractivity (Wildman–Crippen MR) is 207 cm³/mol. The Hall–Kier alpha value is -7.18. The zero-order valence-electron chi connectivity index (χ0n) is 27.8. The molecule has 0 radical (unpaired) electrons. The molecule has 0 aliphatic heterocycles. The highest BCUT2D eigenvalue weighted by atomic mass is 16.3. The molecule has 0 fully saturated rings. The van der Waals surface area contributed by atoms with E-state index in [0.29, 0.717) is 23.4 Å². The van der Waals surface area contributed by atoms with Crippen LogP contribution >= 0.6 is 0 Å². The highest BCUT2D eigenvalue weighted by Gasteiger charge is 2.19. The summed E-state index contributed by atoms with van der Waals surface area (Å²) in [6, 6.07) is 57.3. The van der Waals surface area contributed by atoms with Crippen LogP contribution in [0.15, 0.2) is 179 Å². The van der Waals surface area contributed by atoms with Crippen LogP contribution in [0.5, 0.6) is 0 Å². The number of nitrogens with zero attached hydrogens (tertiary/aromatic N) is 4. The Labute approximate surface area is 298 Å². The lowest BCUT2D eigenvalue weighted by molar-refractivity contribution is 0.619. The van der Waals surface area contributed by atoms with Crippen LogP contribution in [0.2, 0.25) is 0 Å². The van der Waals surface area contributed by atoms with E-state index in [0.717, 1.165) is 77.5 Å². The van der Waals surface area contributed by atoms with Crippen molar-refractivity contribution in [3.8, 4) is 67.9 Å². The summed E-state index contributed by atoms with van der Waals surface area (Å²) in [4.78, 5) is 20.0. The normalized spacial score (nSPS) is 11.5. The summed E-state index contributed by atoms with van der Waals surface area (Å²) in [5.74, 6) is 2.29.